The van der Waals surface area contributed by atoms with E-state index in [2.05, 4.69) is 10.1 Å². The van der Waals surface area contributed by atoms with E-state index in [1.807, 2.05) is 19.1 Å². The van der Waals surface area contributed by atoms with E-state index in [0.717, 1.165) is 30.5 Å². The molecule has 4 rings (SSSR count). The molecule has 3 unspecified atom stereocenters. The highest BCUT2D eigenvalue weighted by Crippen LogP contribution is 2.42. The first-order chi connectivity index (χ1) is 12.1. The number of aliphatic carboxylic acids is 1. The van der Waals surface area contributed by atoms with Gasteiger partial charge in [0.15, 0.2) is 0 Å². The van der Waals surface area contributed by atoms with E-state index in [4.69, 9.17) is 0 Å². The van der Waals surface area contributed by atoms with Crippen molar-refractivity contribution < 1.29 is 14.7 Å². The van der Waals surface area contributed by atoms with E-state index in [0.29, 0.717) is 18.0 Å². The number of aromatic nitrogens is 3. The van der Waals surface area contributed by atoms with Crippen LogP contribution in [-0.2, 0) is 4.79 Å². The Hall–Kier alpha value is -2.70. The molecule has 2 fully saturated rings. The first kappa shape index (κ1) is 15.8. The molecule has 2 heterocycles. The molecule has 3 atom stereocenters. The molecule has 0 spiro atoms. The maximum Gasteiger partial charge on any atom is 0.326 e. The van der Waals surface area contributed by atoms with Crippen molar-refractivity contribution >= 4 is 11.9 Å². The van der Waals surface area contributed by atoms with Crippen molar-refractivity contribution in [3.05, 3.63) is 42.0 Å². The van der Waals surface area contributed by atoms with Crippen LogP contribution in [0.4, 0.5) is 0 Å². The van der Waals surface area contributed by atoms with Crippen LogP contribution in [0.5, 0.6) is 0 Å². The molecule has 1 aliphatic carbocycles. The summed E-state index contributed by atoms with van der Waals surface area (Å²) in [4.78, 5) is 30.3. The first-order valence-corrected chi connectivity index (χ1v) is 8.55. The first-order valence-electron chi connectivity index (χ1n) is 8.55. The molecule has 1 N–H and O–H groups in total. The highest BCUT2D eigenvalue weighted by Gasteiger charge is 2.49. The van der Waals surface area contributed by atoms with Crippen molar-refractivity contribution in [2.75, 3.05) is 6.54 Å². The van der Waals surface area contributed by atoms with Gasteiger partial charge in [-0.3, -0.25) is 4.79 Å². The number of likely N-dealkylation sites (tertiary alicyclic amines) is 1. The molecule has 1 saturated heterocycles. The van der Waals surface area contributed by atoms with Gasteiger partial charge in [0, 0.05) is 12.1 Å². The molecule has 25 heavy (non-hydrogen) atoms. The average molecular weight is 340 g/mol. The summed E-state index contributed by atoms with van der Waals surface area (Å²) in [5, 5.41) is 13.7. The lowest BCUT2D eigenvalue weighted by Gasteiger charge is -2.25. The summed E-state index contributed by atoms with van der Waals surface area (Å²) in [5.41, 5.74) is 2.17. The smallest absolute Gasteiger partial charge is 0.326 e. The Morgan fingerprint density at radius 1 is 1.28 bits per heavy atom. The topological polar surface area (TPSA) is 88.3 Å². The van der Waals surface area contributed by atoms with Crippen LogP contribution < -0.4 is 0 Å². The predicted molar refractivity (Wildman–Crippen MR) is 89.4 cm³/mol. The second-order valence-electron chi connectivity index (χ2n) is 6.93. The third-order valence-electron chi connectivity index (χ3n) is 5.53. The fourth-order valence-electron chi connectivity index (χ4n) is 4.36. The maximum absolute atomic E-state index is 13.0. The van der Waals surface area contributed by atoms with Crippen molar-refractivity contribution in [1.82, 2.24) is 19.7 Å². The maximum atomic E-state index is 13.0. The number of rotatable bonds is 3. The van der Waals surface area contributed by atoms with E-state index in [-0.39, 0.29) is 11.8 Å². The molecule has 7 nitrogen and oxygen atoms in total. The van der Waals surface area contributed by atoms with Crippen LogP contribution in [0.2, 0.25) is 0 Å². The SMILES string of the molecule is Cc1cc(-n2cncn2)ccc1C(=O)N1CC2CCCC2C1C(=O)O. The highest BCUT2D eigenvalue weighted by atomic mass is 16.4. The van der Waals surface area contributed by atoms with E-state index < -0.39 is 12.0 Å². The predicted octanol–water partition coefficient (Wildman–Crippen LogP) is 1.90. The molecular weight excluding hydrogens is 320 g/mol. The van der Waals surface area contributed by atoms with Crippen LogP contribution in [0.25, 0.3) is 5.69 Å². The Morgan fingerprint density at radius 2 is 2.12 bits per heavy atom. The lowest BCUT2D eigenvalue weighted by molar-refractivity contribution is -0.142. The van der Waals surface area contributed by atoms with Crippen molar-refractivity contribution in [2.24, 2.45) is 11.8 Å². The average Bonchev–Trinajstić information content (AvgIpc) is 3.30. The summed E-state index contributed by atoms with van der Waals surface area (Å²) >= 11 is 0. The highest BCUT2D eigenvalue weighted by molar-refractivity contribution is 5.98. The molecule has 1 aromatic carbocycles. The number of carboxylic acid groups (broad SMARTS) is 1. The van der Waals surface area contributed by atoms with Gasteiger partial charge in [-0.25, -0.2) is 14.5 Å². The fraction of sp³-hybridized carbons (Fsp3) is 0.444. The number of carbonyl (C=O) groups is 2. The van der Waals surface area contributed by atoms with Crippen LogP contribution in [0.1, 0.15) is 35.2 Å². The largest absolute Gasteiger partial charge is 0.480 e. The van der Waals surface area contributed by atoms with Gasteiger partial charge in [-0.05, 0) is 55.4 Å². The van der Waals surface area contributed by atoms with Crippen LogP contribution in [0.3, 0.4) is 0 Å². The van der Waals surface area contributed by atoms with E-state index in [1.165, 1.54) is 6.33 Å². The molecule has 130 valence electrons. The van der Waals surface area contributed by atoms with Gasteiger partial charge >= 0.3 is 5.97 Å². The Labute approximate surface area is 145 Å². The summed E-state index contributed by atoms with van der Waals surface area (Å²) in [6.45, 7) is 2.41. The minimum absolute atomic E-state index is 0.0937. The molecule has 2 aliphatic rings. The lowest BCUT2D eigenvalue weighted by atomic mass is 9.94. The van der Waals surface area contributed by atoms with Gasteiger partial charge in [0.25, 0.3) is 5.91 Å². The lowest BCUT2D eigenvalue weighted by Crippen LogP contribution is -2.43. The number of benzene rings is 1. The third kappa shape index (κ3) is 2.59. The van der Waals surface area contributed by atoms with Crippen LogP contribution >= 0.6 is 0 Å². The van der Waals surface area contributed by atoms with E-state index in [1.54, 1.807) is 22.0 Å². The molecule has 0 bridgehead atoms. The molecule has 1 aliphatic heterocycles. The number of nitrogens with zero attached hydrogens (tertiary/aromatic N) is 4. The van der Waals surface area contributed by atoms with Gasteiger partial charge in [-0.2, -0.15) is 5.10 Å². The molecule has 7 heteroatoms. The Balaban J connectivity index is 1.63. The summed E-state index contributed by atoms with van der Waals surface area (Å²) in [5.74, 6) is -0.667. The van der Waals surface area contributed by atoms with Gasteiger partial charge in [-0.15, -0.1) is 0 Å². The Bertz CT molecular complexity index is 818. The van der Waals surface area contributed by atoms with Gasteiger partial charge < -0.3 is 10.0 Å². The Morgan fingerprint density at radius 3 is 2.80 bits per heavy atom. The number of hydrogen-bond acceptors (Lipinski definition) is 4. The quantitative estimate of drug-likeness (QED) is 0.922. The number of fused-ring (bicyclic) bond motifs is 1. The fourth-order valence-corrected chi connectivity index (χ4v) is 4.36. The van der Waals surface area contributed by atoms with E-state index >= 15 is 0 Å². The number of carboxylic acids is 1. The number of amides is 1. The molecular formula is C18H20N4O3. The summed E-state index contributed by atoms with van der Waals surface area (Å²) < 4.78 is 1.63. The zero-order valence-electron chi connectivity index (χ0n) is 14.0. The molecule has 0 radical (unpaired) electrons. The standard InChI is InChI=1S/C18H20N4O3/c1-11-7-13(22-10-19-9-20-22)5-6-14(11)17(23)21-8-12-3-2-4-15(12)16(21)18(24)25/h5-7,9-10,12,15-16H,2-4,8H2,1H3,(H,24,25). The van der Waals surface area contributed by atoms with Crippen molar-refractivity contribution in [2.45, 2.75) is 32.2 Å². The second-order valence-corrected chi connectivity index (χ2v) is 6.93. The summed E-state index contributed by atoms with van der Waals surface area (Å²) in [7, 11) is 0. The van der Waals surface area contributed by atoms with Crippen molar-refractivity contribution in [3.8, 4) is 5.69 Å². The zero-order valence-corrected chi connectivity index (χ0v) is 14.0. The van der Waals surface area contributed by atoms with Gasteiger partial charge in [0.05, 0.1) is 5.69 Å². The summed E-state index contributed by atoms with van der Waals surface area (Å²) in [6.07, 6.45) is 6.03. The molecule has 2 aromatic rings. The molecule has 1 saturated carbocycles. The Kier molecular flexibility index (Phi) is 3.78. The molecule has 1 aromatic heterocycles. The molecule has 1 amide bonds. The van der Waals surface area contributed by atoms with Crippen molar-refractivity contribution in [3.63, 3.8) is 0 Å². The van der Waals surface area contributed by atoms with E-state index in [9.17, 15) is 14.7 Å². The minimum Gasteiger partial charge on any atom is -0.480 e. The summed E-state index contributed by atoms with van der Waals surface area (Å²) in [6, 6.07) is 4.73. The second kappa shape index (κ2) is 5.98. The van der Waals surface area contributed by atoms with Crippen LogP contribution in [0, 0.1) is 18.8 Å². The minimum atomic E-state index is -0.889. The third-order valence-corrected chi connectivity index (χ3v) is 5.53. The van der Waals surface area contributed by atoms with Crippen LogP contribution in [0.15, 0.2) is 30.9 Å². The number of hydrogen-bond donors (Lipinski definition) is 1. The van der Waals surface area contributed by atoms with Gasteiger partial charge in [0.2, 0.25) is 0 Å². The van der Waals surface area contributed by atoms with Gasteiger partial charge in [-0.1, -0.05) is 6.42 Å². The zero-order chi connectivity index (χ0) is 17.6. The number of carbonyl (C=O) groups excluding carboxylic acids is 1. The van der Waals surface area contributed by atoms with Crippen molar-refractivity contribution in [1.29, 1.82) is 0 Å². The van der Waals surface area contributed by atoms with Gasteiger partial charge in [0.1, 0.15) is 18.7 Å². The number of aryl methyl sites for hydroxylation is 1. The normalized spacial score (nSPS) is 25.2. The van der Waals surface area contributed by atoms with Crippen LogP contribution in [-0.4, -0.2) is 49.2 Å². The monoisotopic (exact) mass is 340 g/mol.